The minimum absolute atomic E-state index is 0. The van der Waals surface area contributed by atoms with Crippen molar-refractivity contribution < 1.29 is 13.2 Å². The highest BCUT2D eigenvalue weighted by atomic mass is 127. The van der Waals surface area contributed by atoms with E-state index in [1.165, 1.54) is 6.42 Å². The van der Waals surface area contributed by atoms with Crippen molar-refractivity contribution >= 4 is 39.8 Å². The number of ether oxygens (including phenoxy) is 1. The molecule has 152 valence electrons. The maximum atomic E-state index is 11.7. The topological polar surface area (TPSA) is 71.0 Å². The molecule has 1 atom stereocenters. The molecule has 3 aliphatic heterocycles. The minimum atomic E-state index is -2.82. The van der Waals surface area contributed by atoms with Crippen LogP contribution in [0.4, 0.5) is 0 Å². The summed E-state index contributed by atoms with van der Waals surface area (Å²) in [6.07, 6.45) is 4.26. The first-order valence-corrected chi connectivity index (χ1v) is 11.5. The third-order valence-corrected chi connectivity index (χ3v) is 7.61. The molecule has 26 heavy (non-hydrogen) atoms. The van der Waals surface area contributed by atoms with E-state index < -0.39 is 9.84 Å². The lowest BCUT2D eigenvalue weighted by molar-refractivity contribution is 0.0217. The van der Waals surface area contributed by atoms with E-state index in [1.807, 2.05) is 0 Å². The molecule has 0 aromatic heterocycles. The summed E-state index contributed by atoms with van der Waals surface area (Å²) in [5.41, 5.74) is 0.384. The van der Waals surface area contributed by atoms with Crippen LogP contribution in [0.25, 0.3) is 0 Å². The van der Waals surface area contributed by atoms with Crippen LogP contribution in [0.5, 0.6) is 0 Å². The normalized spacial score (nSPS) is 27.7. The molecular formula is C18H34IN3O3S. The van der Waals surface area contributed by atoms with Gasteiger partial charge in [0.2, 0.25) is 0 Å². The van der Waals surface area contributed by atoms with Gasteiger partial charge in [0.25, 0.3) is 0 Å². The summed E-state index contributed by atoms with van der Waals surface area (Å²) in [6.45, 7) is 9.69. The smallest absolute Gasteiger partial charge is 0.193 e. The van der Waals surface area contributed by atoms with Gasteiger partial charge in [-0.15, -0.1) is 24.0 Å². The second-order valence-electron chi connectivity index (χ2n) is 8.49. The SMILES string of the molecule is CC(C)CN=C(NCC1CCS(=O)(=O)C1)N1CCC2(CCOCC2)C1.I. The fourth-order valence-electron chi connectivity index (χ4n) is 4.13. The van der Waals surface area contributed by atoms with Crippen LogP contribution in [0.15, 0.2) is 4.99 Å². The van der Waals surface area contributed by atoms with E-state index in [0.717, 1.165) is 58.1 Å². The molecule has 3 heterocycles. The quantitative estimate of drug-likeness (QED) is 0.365. The highest BCUT2D eigenvalue weighted by Crippen LogP contribution is 2.39. The van der Waals surface area contributed by atoms with Crippen LogP contribution in [0.3, 0.4) is 0 Å². The van der Waals surface area contributed by atoms with E-state index >= 15 is 0 Å². The summed E-state index contributed by atoms with van der Waals surface area (Å²) in [5, 5.41) is 3.50. The van der Waals surface area contributed by atoms with Crippen LogP contribution in [0, 0.1) is 17.3 Å². The Bertz CT molecular complexity index is 588. The number of sulfone groups is 1. The molecule has 1 N–H and O–H groups in total. The summed E-state index contributed by atoms with van der Waals surface area (Å²) in [7, 11) is -2.82. The molecule has 6 nitrogen and oxygen atoms in total. The van der Waals surface area contributed by atoms with E-state index in [1.54, 1.807) is 0 Å². The first kappa shape index (κ1) is 22.2. The van der Waals surface area contributed by atoms with Crippen molar-refractivity contribution in [1.29, 1.82) is 0 Å². The first-order valence-electron chi connectivity index (χ1n) is 9.69. The molecule has 3 saturated heterocycles. The van der Waals surface area contributed by atoms with Crippen molar-refractivity contribution in [2.24, 2.45) is 22.2 Å². The monoisotopic (exact) mass is 499 g/mol. The lowest BCUT2D eigenvalue weighted by Crippen LogP contribution is -2.44. The number of hydrogen-bond donors (Lipinski definition) is 1. The molecule has 0 radical (unpaired) electrons. The van der Waals surface area contributed by atoms with E-state index in [4.69, 9.17) is 9.73 Å². The third kappa shape index (κ3) is 5.95. The molecule has 3 fully saturated rings. The molecule has 0 bridgehead atoms. The molecule has 3 rings (SSSR count). The molecular weight excluding hydrogens is 465 g/mol. The molecule has 0 saturated carbocycles. The fourth-order valence-corrected chi connectivity index (χ4v) is 6.00. The van der Waals surface area contributed by atoms with Crippen molar-refractivity contribution in [3.8, 4) is 0 Å². The maximum Gasteiger partial charge on any atom is 0.193 e. The van der Waals surface area contributed by atoms with Crippen molar-refractivity contribution in [1.82, 2.24) is 10.2 Å². The highest BCUT2D eigenvalue weighted by Gasteiger charge is 2.40. The van der Waals surface area contributed by atoms with Gasteiger partial charge in [0.1, 0.15) is 0 Å². The van der Waals surface area contributed by atoms with Gasteiger partial charge in [0, 0.05) is 39.4 Å². The average Bonchev–Trinajstić information content (AvgIpc) is 3.11. The predicted octanol–water partition coefficient (Wildman–Crippen LogP) is 2.14. The second-order valence-corrected chi connectivity index (χ2v) is 10.7. The molecule has 1 spiro atoms. The predicted molar refractivity (Wildman–Crippen MR) is 116 cm³/mol. The van der Waals surface area contributed by atoms with Gasteiger partial charge in [-0.05, 0) is 42.9 Å². The number of nitrogens with one attached hydrogen (secondary N) is 1. The Balaban J connectivity index is 0.00000243. The third-order valence-electron chi connectivity index (χ3n) is 5.77. The van der Waals surface area contributed by atoms with Gasteiger partial charge < -0.3 is 15.0 Å². The number of guanidine groups is 1. The number of likely N-dealkylation sites (tertiary alicyclic amines) is 1. The van der Waals surface area contributed by atoms with Gasteiger partial charge in [-0.2, -0.15) is 0 Å². The van der Waals surface area contributed by atoms with E-state index in [2.05, 4.69) is 24.1 Å². The highest BCUT2D eigenvalue weighted by molar-refractivity contribution is 14.0. The number of rotatable bonds is 4. The van der Waals surface area contributed by atoms with Gasteiger partial charge in [0.05, 0.1) is 11.5 Å². The Morgan fingerprint density at radius 1 is 1.31 bits per heavy atom. The first-order chi connectivity index (χ1) is 11.9. The van der Waals surface area contributed by atoms with Crippen LogP contribution in [-0.4, -0.2) is 70.2 Å². The van der Waals surface area contributed by atoms with Gasteiger partial charge in [-0.3, -0.25) is 4.99 Å². The van der Waals surface area contributed by atoms with E-state index in [-0.39, 0.29) is 29.9 Å². The van der Waals surface area contributed by atoms with Crippen LogP contribution in [0.2, 0.25) is 0 Å². The van der Waals surface area contributed by atoms with Crippen molar-refractivity contribution in [3.05, 3.63) is 0 Å². The Kier molecular flexibility index (Phi) is 8.03. The lowest BCUT2D eigenvalue weighted by Gasteiger charge is -2.33. The van der Waals surface area contributed by atoms with E-state index in [9.17, 15) is 8.42 Å². The Hall–Kier alpha value is -0.0900. The Morgan fingerprint density at radius 3 is 2.65 bits per heavy atom. The molecule has 3 aliphatic rings. The number of hydrogen-bond acceptors (Lipinski definition) is 4. The Morgan fingerprint density at radius 2 is 2.04 bits per heavy atom. The van der Waals surface area contributed by atoms with Crippen LogP contribution in [0.1, 0.15) is 39.5 Å². The van der Waals surface area contributed by atoms with Crippen LogP contribution < -0.4 is 5.32 Å². The van der Waals surface area contributed by atoms with Gasteiger partial charge >= 0.3 is 0 Å². The zero-order valence-corrected chi connectivity index (χ0v) is 19.2. The summed E-state index contributed by atoms with van der Waals surface area (Å²) >= 11 is 0. The van der Waals surface area contributed by atoms with Crippen molar-refractivity contribution in [2.75, 3.05) is 50.9 Å². The second kappa shape index (κ2) is 9.41. The Labute approximate surface area is 175 Å². The lowest BCUT2D eigenvalue weighted by atomic mass is 9.80. The molecule has 0 aromatic rings. The minimum Gasteiger partial charge on any atom is -0.381 e. The summed E-state index contributed by atoms with van der Waals surface area (Å²) in [4.78, 5) is 7.22. The largest absolute Gasteiger partial charge is 0.381 e. The number of halogens is 1. The number of nitrogens with zero attached hydrogens (tertiary/aromatic N) is 2. The van der Waals surface area contributed by atoms with Crippen LogP contribution >= 0.6 is 24.0 Å². The molecule has 1 unspecified atom stereocenters. The molecule has 0 aliphatic carbocycles. The zero-order chi connectivity index (χ0) is 17.9. The van der Waals surface area contributed by atoms with E-state index in [0.29, 0.717) is 29.4 Å². The summed E-state index contributed by atoms with van der Waals surface area (Å²) in [6, 6.07) is 0. The zero-order valence-electron chi connectivity index (χ0n) is 16.1. The number of aliphatic imine (C=N–C) groups is 1. The maximum absolute atomic E-state index is 11.7. The molecule has 0 amide bonds. The van der Waals surface area contributed by atoms with Crippen molar-refractivity contribution in [2.45, 2.75) is 39.5 Å². The standard InChI is InChI=1S/C18H33N3O3S.HI/c1-15(2)11-19-17(20-12-16-3-10-25(22,23)13-16)21-7-4-18(14-21)5-8-24-9-6-18;/h15-16H,3-14H2,1-2H3,(H,19,20);1H. The van der Waals surface area contributed by atoms with Gasteiger partial charge in [-0.25, -0.2) is 8.42 Å². The van der Waals surface area contributed by atoms with Gasteiger partial charge in [-0.1, -0.05) is 13.8 Å². The fraction of sp³-hybridized carbons (Fsp3) is 0.944. The molecule has 8 heteroatoms. The summed E-state index contributed by atoms with van der Waals surface area (Å²) in [5.74, 6) is 2.36. The molecule has 0 aromatic carbocycles. The van der Waals surface area contributed by atoms with Gasteiger partial charge in [0.15, 0.2) is 15.8 Å². The van der Waals surface area contributed by atoms with Crippen molar-refractivity contribution in [3.63, 3.8) is 0 Å². The van der Waals surface area contributed by atoms with Crippen LogP contribution in [-0.2, 0) is 14.6 Å². The average molecular weight is 499 g/mol. The summed E-state index contributed by atoms with van der Waals surface area (Å²) < 4.78 is 28.9.